The molecular weight excluding hydrogens is 174 g/mol. The van der Waals surface area contributed by atoms with Gasteiger partial charge in [0.15, 0.2) is 0 Å². The molecule has 0 unspecified atom stereocenters. The zero-order valence-corrected chi connectivity index (χ0v) is 8.41. The highest BCUT2D eigenvalue weighted by atomic mass is 15.0. The molecule has 1 N–H and O–H groups in total. The quantitative estimate of drug-likeness (QED) is 0.771. The van der Waals surface area contributed by atoms with Gasteiger partial charge >= 0.3 is 0 Å². The van der Waals surface area contributed by atoms with E-state index >= 15 is 0 Å². The van der Waals surface area contributed by atoms with Crippen LogP contribution in [0.25, 0.3) is 0 Å². The second-order valence-electron chi connectivity index (χ2n) is 3.93. The molecule has 1 aliphatic rings. The maximum atomic E-state index is 8.97. The average Bonchev–Trinajstić information content (AvgIpc) is 2.82. The van der Waals surface area contributed by atoms with Crippen LogP contribution in [0.4, 0.5) is 5.82 Å². The molecule has 1 aromatic heterocycles. The van der Waals surface area contributed by atoms with Crippen LogP contribution in [0.3, 0.4) is 0 Å². The monoisotopic (exact) mass is 187 g/mol. The molecule has 1 fully saturated rings. The van der Waals surface area contributed by atoms with Gasteiger partial charge in [0.25, 0.3) is 0 Å². The highest BCUT2D eigenvalue weighted by Crippen LogP contribution is 2.33. The van der Waals surface area contributed by atoms with Gasteiger partial charge in [0.05, 0.1) is 5.56 Å². The fourth-order valence-electron chi connectivity index (χ4n) is 1.51. The Hall–Kier alpha value is -1.56. The van der Waals surface area contributed by atoms with Gasteiger partial charge < -0.3 is 5.32 Å². The van der Waals surface area contributed by atoms with Gasteiger partial charge in [0.1, 0.15) is 11.9 Å². The number of aryl methyl sites for hydroxylation is 1. The summed E-state index contributed by atoms with van der Waals surface area (Å²) in [4.78, 5) is 4.19. The SMILES string of the molecule is Cc1ccnc(N[C@@H]2C[C@H]2C)c1C#N. The molecule has 0 aromatic carbocycles. The third-order valence-electron chi connectivity index (χ3n) is 2.70. The minimum atomic E-state index is 0.511. The molecule has 0 spiro atoms. The first-order valence-corrected chi connectivity index (χ1v) is 4.84. The van der Waals surface area contributed by atoms with E-state index in [4.69, 9.17) is 5.26 Å². The number of pyridine rings is 1. The molecular formula is C11H13N3. The van der Waals surface area contributed by atoms with Gasteiger partial charge in [-0.05, 0) is 30.9 Å². The van der Waals surface area contributed by atoms with Gasteiger partial charge in [-0.3, -0.25) is 0 Å². The molecule has 0 aliphatic heterocycles. The molecule has 72 valence electrons. The van der Waals surface area contributed by atoms with Crippen molar-refractivity contribution in [2.45, 2.75) is 26.3 Å². The summed E-state index contributed by atoms with van der Waals surface area (Å²) in [5.41, 5.74) is 1.66. The summed E-state index contributed by atoms with van der Waals surface area (Å²) in [5, 5.41) is 12.3. The van der Waals surface area contributed by atoms with Crippen molar-refractivity contribution < 1.29 is 0 Å². The lowest BCUT2D eigenvalue weighted by atomic mass is 10.1. The average molecular weight is 187 g/mol. The second kappa shape index (κ2) is 3.30. The molecule has 1 heterocycles. The number of aromatic nitrogens is 1. The first-order chi connectivity index (χ1) is 6.72. The second-order valence-corrected chi connectivity index (χ2v) is 3.93. The lowest BCUT2D eigenvalue weighted by Gasteiger charge is -2.07. The van der Waals surface area contributed by atoms with Crippen LogP contribution in [0.5, 0.6) is 0 Å². The Morgan fingerprint density at radius 1 is 1.64 bits per heavy atom. The lowest BCUT2D eigenvalue weighted by molar-refractivity contribution is 0.922. The molecule has 1 aliphatic carbocycles. The molecule has 14 heavy (non-hydrogen) atoms. The van der Waals surface area contributed by atoms with Crippen LogP contribution in [0.1, 0.15) is 24.5 Å². The van der Waals surface area contributed by atoms with E-state index in [0.717, 1.165) is 11.4 Å². The summed E-state index contributed by atoms with van der Waals surface area (Å²) in [6, 6.07) is 4.56. The lowest BCUT2D eigenvalue weighted by Crippen LogP contribution is -2.07. The summed E-state index contributed by atoms with van der Waals surface area (Å²) >= 11 is 0. The van der Waals surface area contributed by atoms with Crippen molar-refractivity contribution in [3.8, 4) is 6.07 Å². The summed E-state index contributed by atoms with van der Waals surface area (Å²) in [5.74, 6) is 1.45. The third-order valence-corrected chi connectivity index (χ3v) is 2.70. The Morgan fingerprint density at radius 3 is 2.93 bits per heavy atom. The van der Waals surface area contributed by atoms with E-state index in [1.807, 2.05) is 13.0 Å². The number of nitrogens with zero attached hydrogens (tertiary/aromatic N) is 2. The van der Waals surface area contributed by atoms with E-state index in [-0.39, 0.29) is 0 Å². The van der Waals surface area contributed by atoms with Crippen molar-refractivity contribution in [2.24, 2.45) is 5.92 Å². The normalized spacial score (nSPS) is 24.1. The predicted octanol–water partition coefficient (Wildman–Crippen LogP) is 2.08. The molecule has 2 atom stereocenters. The van der Waals surface area contributed by atoms with Crippen molar-refractivity contribution in [2.75, 3.05) is 5.32 Å². The molecule has 0 saturated heterocycles. The van der Waals surface area contributed by atoms with E-state index in [0.29, 0.717) is 17.5 Å². The maximum Gasteiger partial charge on any atom is 0.144 e. The van der Waals surface area contributed by atoms with E-state index in [9.17, 15) is 0 Å². The fourth-order valence-corrected chi connectivity index (χ4v) is 1.51. The summed E-state index contributed by atoms with van der Waals surface area (Å²) < 4.78 is 0. The van der Waals surface area contributed by atoms with Crippen molar-refractivity contribution in [1.82, 2.24) is 4.98 Å². The highest BCUT2D eigenvalue weighted by Gasteiger charge is 2.33. The van der Waals surface area contributed by atoms with E-state index in [1.165, 1.54) is 6.42 Å². The smallest absolute Gasteiger partial charge is 0.144 e. The Labute approximate surface area is 83.8 Å². The van der Waals surface area contributed by atoms with Crippen molar-refractivity contribution in [3.05, 3.63) is 23.4 Å². The largest absolute Gasteiger partial charge is 0.366 e. The number of hydrogen-bond donors (Lipinski definition) is 1. The maximum absolute atomic E-state index is 8.97. The molecule has 3 heteroatoms. The Kier molecular flexibility index (Phi) is 2.12. The molecule has 0 radical (unpaired) electrons. The zero-order valence-electron chi connectivity index (χ0n) is 8.41. The molecule has 0 bridgehead atoms. The highest BCUT2D eigenvalue weighted by molar-refractivity contribution is 5.56. The number of anilines is 1. The number of nitrogens with one attached hydrogen (secondary N) is 1. The van der Waals surface area contributed by atoms with Crippen LogP contribution in [0, 0.1) is 24.2 Å². The Balaban J connectivity index is 2.24. The van der Waals surface area contributed by atoms with Crippen molar-refractivity contribution >= 4 is 5.82 Å². The number of nitriles is 1. The van der Waals surface area contributed by atoms with Gasteiger partial charge in [-0.15, -0.1) is 0 Å². The molecule has 2 rings (SSSR count). The van der Waals surface area contributed by atoms with Crippen LogP contribution in [-0.2, 0) is 0 Å². The van der Waals surface area contributed by atoms with Crippen molar-refractivity contribution in [1.29, 1.82) is 5.26 Å². The van der Waals surface area contributed by atoms with Gasteiger partial charge in [-0.1, -0.05) is 6.92 Å². The zero-order chi connectivity index (χ0) is 10.1. The Morgan fingerprint density at radius 2 is 2.36 bits per heavy atom. The summed E-state index contributed by atoms with van der Waals surface area (Å²) in [7, 11) is 0. The standard InChI is InChI=1S/C11H13N3/c1-7-3-4-13-11(9(7)6-12)14-10-5-8(10)2/h3-4,8,10H,5H2,1-2H3,(H,13,14)/t8-,10-/m1/s1. The predicted molar refractivity (Wildman–Crippen MR) is 54.9 cm³/mol. The van der Waals surface area contributed by atoms with Gasteiger partial charge in [0, 0.05) is 12.2 Å². The van der Waals surface area contributed by atoms with Crippen LogP contribution >= 0.6 is 0 Å². The molecule has 1 saturated carbocycles. The summed E-state index contributed by atoms with van der Waals surface area (Å²) in [6.45, 7) is 4.13. The van der Waals surface area contributed by atoms with Crippen LogP contribution < -0.4 is 5.32 Å². The first-order valence-electron chi connectivity index (χ1n) is 4.84. The van der Waals surface area contributed by atoms with Crippen LogP contribution in [-0.4, -0.2) is 11.0 Å². The van der Waals surface area contributed by atoms with Gasteiger partial charge in [-0.2, -0.15) is 5.26 Å². The van der Waals surface area contributed by atoms with E-state index < -0.39 is 0 Å². The molecule has 0 amide bonds. The fraction of sp³-hybridized carbons (Fsp3) is 0.455. The first kappa shape index (κ1) is 9.01. The van der Waals surface area contributed by atoms with Gasteiger partial charge in [0.2, 0.25) is 0 Å². The van der Waals surface area contributed by atoms with Crippen LogP contribution in [0.15, 0.2) is 12.3 Å². The molecule has 3 nitrogen and oxygen atoms in total. The molecule has 1 aromatic rings. The Bertz CT molecular complexity index is 392. The minimum Gasteiger partial charge on any atom is -0.366 e. The van der Waals surface area contributed by atoms with Crippen molar-refractivity contribution in [3.63, 3.8) is 0 Å². The minimum absolute atomic E-state index is 0.511. The van der Waals surface area contributed by atoms with Gasteiger partial charge in [-0.25, -0.2) is 4.98 Å². The van der Waals surface area contributed by atoms with E-state index in [2.05, 4.69) is 23.3 Å². The van der Waals surface area contributed by atoms with E-state index in [1.54, 1.807) is 6.20 Å². The van der Waals surface area contributed by atoms with Crippen LogP contribution in [0.2, 0.25) is 0 Å². The number of hydrogen-bond acceptors (Lipinski definition) is 3. The number of rotatable bonds is 2. The third kappa shape index (κ3) is 1.56. The summed E-state index contributed by atoms with van der Waals surface area (Å²) in [6.07, 6.45) is 2.92. The topological polar surface area (TPSA) is 48.7 Å².